The molecule has 0 N–H and O–H groups in total. The van der Waals surface area contributed by atoms with E-state index in [-0.39, 0.29) is 46.0 Å². The third-order valence-electron chi connectivity index (χ3n) is 6.85. The number of halogens is 11. The van der Waals surface area contributed by atoms with Gasteiger partial charge in [0.1, 0.15) is 11.3 Å². The molecule has 0 aliphatic carbocycles. The standard InChI is InChI=1S/C15H25F5.C13H23F5.C4H10O.C3H5.BrH.Mg/c1-5-8-12(9-6-7-10-13(2,3)16)11-14(4,17)15(18,19)20;1-10(7-5-6-8-11(2,3)14)9-12(4,15)13(16,17)18;1-3-5-4-2;1-3-2;;/h5,12H,1,6-11H2,2-4H3;10H,5-9H2,1-4H3;3-4H2,1-2H3;3H,1-2H2;1H;/q;;;-1;;+2/p-1. The fourth-order valence-corrected chi connectivity index (χ4v) is 4.29. The molecule has 0 aliphatic heterocycles. The second kappa shape index (κ2) is 29.4. The summed E-state index contributed by atoms with van der Waals surface area (Å²) in [5, 5.41) is 0. The minimum absolute atomic E-state index is 0. The van der Waals surface area contributed by atoms with E-state index in [1.807, 2.05) is 13.8 Å². The zero-order valence-corrected chi connectivity index (χ0v) is 33.9. The van der Waals surface area contributed by atoms with E-state index in [0.717, 1.165) is 13.2 Å². The van der Waals surface area contributed by atoms with Crippen LogP contribution in [-0.4, -0.2) is 71.3 Å². The van der Waals surface area contributed by atoms with E-state index in [0.29, 0.717) is 71.6 Å². The molecule has 0 aromatic carbocycles. The van der Waals surface area contributed by atoms with E-state index >= 15 is 0 Å². The maximum atomic E-state index is 13.6. The average molecular weight is 794 g/mol. The molecular weight excluding hydrogens is 731 g/mol. The first-order chi connectivity index (χ1) is 20.6. The number of hydrogen-bond acceptors (Lipinski definition) is 1. The molecule has 1 nitrogen and oxygen atoms in total. The molecule has 0 rings (SSSR count). The topological polar surface area (TPSA) is 9.23 Å². The maximum Gasteiger partial charge on any atom is 2.00 e. The third-order valence-corrected chi connectivity index (χ3v) is 6.85. The van der Waals surface area contributed by atoms with Crippen LogP contribution in [0, 0.1) is 18.8 Å². The van der Waals surface area contributed by atoms with Crippen molar-refractivity contribution in [2.24, 2.45) is 11.8 Å². The molecule has 0 spiro atoms. The first-order valence-corrected chi connectivity index (χ1v) is 16.0. The van der Waals surface area contributed by atoms with E-state index in [2.05, 4.69) is 20.1 Å². The minimum atomic E-state index is -4.85. The predicted molar refractivity (Wildman–Crippen MR) is 179 cm³/mol. The van der Waals surface area contributed by atoms with Crippen LogP contribution in [0.3, 0.4) is 0 Å². The Morgan fingerprint density at radius 2 is 0.979 bits per heavy atom. The molecule has 0 bridgehead atoms. The smallest absolute Gasteiger partial charge is 1.00 e. The Bertz CT molecular complexity index is 742. The van der Waals surface area contributed by atoms with Gasteiger partial charge in [-0.2, -0.15) is 26.3 Å². The average Bonchev–Trinajstić information content (AvgIpc) is 2.83. The molecule has 4 atom stereocenters. The van der Waals surface area contributed by atoms with Crippen LogP contribution in [0.15, 0.2) is 25.3 Å². The Kier molecular flexibility index (Phi) is 36.8. The van der Waals surface area contributed by atoms with E-state index in [4.69, 9.17) is 4.74 Å². The van der Waals surface area contributed by atoms with Gasteiger partial charge in [0.2, 0.25) is 11.3 Å². The first kappa shape index (κ1) is 60.0. The van der Waals surface area contributed by atoms with Crippen molar-refractivity contribution in [1.29, 1.82) is 0 Å². The molecule has 0 aromatic heterocycles. The van der Waals surface area contributed by atoms with Gasteiger partial charge in [0, 0.05) is 13.2 Å². The fraction of sp³-hybridized carbons (Fsp3) is 0.857. The van der Waals surface area contributed by atoms with Crippen LogP contribution in [0.4, 0.5) is 43.9 Å². The van der Waals surface area contributed by atoms with Crippen LogP contribution in [0.25, 0.3) is 0 Å². The van der Waals surface area contributed by atoms with Gasteiger partial charge < -0.3 is 21.7 Å². The summed E-state index contributed by atoms with van der Waals surface area (Å²) < 4.78 is 133. The zero-order valence-electron chi connectivity index (χ0n) is 30.9. The molecule has 0 heterocycles. The summed E-state index contributed by atoms with van der Waals surface area (Å²) in [6.07, 6.45) is -3.30. The molecule has 0 amide bonds. The number of ether oxygens (including phenoxy) is 1. The normalized spacial score (nSPS) is 15.4. The van der Waals surface area contributed by atoms with Gasteiger partial charge in [0.05, 0.1) is 0 Å². The first-order valence-electron chi connectivity index (χ1n) is 16.0. The van der Waals surface area contributed by atoms with Gasteiger partial charge in [-0.05, 0) is 99.3 Å². The largest absolute Gasteiger partial charge is 2.00 e. The molecule has 0 saturated heterocycles. The van der Waals surface area contributed by atoms with Crippen LogP contribution in [0.5, 0.6) is 0 Å². The fourth-order valence-electron chi connectivity index (χ4n) is 4.29. The molecule has 48 heavy (non-hydrogen) atoms. The van der Waals surface area contributed by atoms with Gasteiger partial charge in [0.15, 0.2) is 0 Å². The second-order valence-corrected chi connectivity index (χ2v) is 13.3. The Labute approximate surface area is 312 Å². The van der Waals surface area contributed by atoms with Crippen LogP contribution in [0.1, 0.15) is 133 Å². The van der Waals surface area contributed by atoms with Crippen molar-refractivity contribution in [3.8, 4) is 0 Å². The Morgan fingerprint density at radius 3 is 1.25 bits per heavy atom. The van der Waals surface area contributed by atoms with Gasteiger partial charge in [0.25, 0.3) is 0 Å². The monoisotopic (exact) mass is 792 g/mol. The summed E-state index contributed by atoms with van der Waals surface area (Å²) in [6, 6.07) is 0. The molecule has 0 fully saturated rings. The van der Waals surface area contributed by atoms with Gasteiger partial charge in [-0.25, -0.2) is 37.1 Å². The van der Waals surface area contributed by atoms with Gasteiger partial charge in [-0.1, -0.05) is 51.5 Å². The predicted octanol–water partition coefficient (Wildman–Crippen LogP) is 10.5. The molecule has 0 saturated carbocycles. The Hall–Kier alpha value is -0.144. The van der Waals surface area contributed by atoms with Crippen molar-refractivity contribution in [3.63, 3.8) is 0 Å². The van der Waals surface area contributed by atoms with Crippen LogP contribution in [0.2, 0.25) is 0 Å². The van der Waals surface area contributed by atoms with Crippen molar-refractivity contribution in [3.05, 3.63) is 32.2 Å². The number of unbranched alkanes of at least 4 members (excludes halogenated alkanes) is 2. The summed E-state index contributed by atoms with van der Waals surface area (Å²) >= 11 is 0. The van der Waals surface area contributed by atoms with Crippen molar-refractivity contribution in [2.75, 3.05) is 13.2 Å². The number of alkyl halides is 10. The van der Waals surface area contributed by atoms with Crippen molar-refractivity contribution in [2.45, 2.75) is 168 Å². The van der Waals surface area contributed by atoms with Crippen LogP contribution < -0.4 is 17.0 Å². The third kappa shape index (κ3) is 38.7. The van der Waals surface area contributed by atoms with Crippen molar-refractivity contribution < 1.29 is 65.6 Å². The molecule has 0 aliphatic rings. The molecule has 13 heteroatoms. The summed E-state index contributed by atoms with van der Waals surface area (Å²) in [6.45, 7) is 24.3. The zero-order chi connectivity index (χ0) is 37.5. The van der Waals surface area contributed by atoms with Crippen molar-refractivity contribution in [1.82, 2.24) is 0 Å². The summed E-state index contributed by atoms with van der Waals surface area (Å²) in [4.78, 5) is 0. The van der Waals surface area contributed by atoms with Gasteiger partial charge in [-0.15, -0.1) is 6.58 Å². The van der Waals surface area contributed by atoms with E-state index in [9.17, 15) is 43.9 Å². The molecule has 0 aromatic rings. The number of hydrogen-bond donors (Lipinski definition) is 0. The van der Waals surface area contributed by atoms with Crippen LogP contribution >= 0.6 is 0 Å². The maximum absolute atomic E-state index is 13.6. The Morgan fingerprint density at radius 1 is 0.646 bits per heavy atom. The molecule has 0 radical (unpaired) electrons. The number of allylic oxidation sites excluding steroid dienone is 2. The minimum Gasteiger partial charge on any atom is -1.00 e. The summed E-state index contributed by atoms with van der Waals surface area (Å²) in [7, 11) is 0. The van der Waals surface area contributed by atoms with E-state index in [1.165, 1.54) is 39.8 Å². The number of rotatable bonds is 18. The van der Waals surface area contributed by atoms with Crippen molar-refractivity contribution >= 4 is 23.1 Å². The summed E-state index contributed by atoms with van der Waals surface area (Å²) in [5.74, 6) is -0.767. The molecular formula is C35H63BrF10MgO. The second-order valence-electron chi connectivity index (χ2n) is 13.3. The molecule has 4 unspecified atom stereocenters. The SMILES string of the molecule is C=CCC(CCCCC(C)(C)F)CC(C)(F)C(F)(F)F.C=C[CH2-].CC(CCCCC(C)(C)F)CC(C)(F)C(F)(F)F.CCOCC.[Br-].[Mg+2]. The van der Waals surface area contributed by atoms with Crippen LogP contribution in [-0.2, 0) is 4.74 Å². The quantitative estimate of drug-likeness (QED) is 0.0442. The molecule has 288 valence electrons. The van der Waals surface area contributed by atoms with E-state index in [1.54, 1.807) is 6.92 Å². The van der Waals surface area contributed by atoms with Gasteiger partial charge in [-0.3, -0.25) is 0 Å². The summed E-state index contributed by atoms with van der Waals surface area (Å²) in [5.41, 5.74) is -8.83. The Balaban J connectivity index is -0.000000145. The van der Waals surface area contributed by atoms with Gasteiger partial charge >= 0.3 is 35.4 Å². The van der Waals surface area contributed by atoms with E-state index < -0.39 is 53.8 Å².